The van der Waals surface area contributed by atoms with Gasteiger partial charge in [0.1, 0.15) is 11.3 Å². The molecule has 1 aromatic carbocycles. The summed E-state index contributed by atoms with van der Waals surface area (Å²) >= 11 is 0.270. The molecule has 0 saturated carbocycles. The van der Waals surface area contributed by atoms with Gasteiger partial charge in [-0.05, 0) is 24.3 Å². The zero-order chi connectivity index (χ0) is 22.8. The number of hydrazine groups is 1. The molecule has 1 unspecified atom stereocenters. The van der Waals surface area contributed by atoms with Gasteiger partial charge in [-0.25, -0.2) is 14.9 Å². The molecule has 8 nitrogen and oxygen atoms in total. The molecule has 4 rings (SSSR count). The first kappa shape index (κ1) is 21.9. The Morgan fingerprint density at radius 1 is 1.31 bits per heavy atom. The number of nitrogens with one attached hydrogen (secondary N) is 2. The molecule has 3 heterocycles. The fraction of sp³-hybridized carbons (Fsp3) is 0.211. The van der Waals surface area contributed by atoms with Crippen molar-refractivity contribution in [2.45, 2.75) is 23.3 Å². The van der Waals surface area contributed by atoms with Crippen LogP contribution >= 0.6 is 11.8 Å². The van der Waals surface area contributed by atoms with Crippen LogP contribution in [0.15, 0.2) is 59.6 Å². The van der Waals surface area contributed by atoms with E-state index in [0.717, 1.165) is 0 Å². The number of nitrogens with zero attached hydrogens (tertiary/aromatic N) is 4. The lowest BCUT2D eigenvalue weighted by Gasteiger charge is -2.21. The summed E-state index contributed by atoms with van der Waals surface area (Å²) in [6, 6.07) is 4.60. The van der Waals surface area contributed by atoms with E-state index in [2.05, 4.69) is 25.6 Å². The Morgan fingerprint density at radius 3 is 2.88 bits per heavy atom. The summed E-state index contributed by atoms with van der Waals surface area (Å²) in [5.74, 6) is -3.42. The first-order valence-electron chi connectivity index (χ1n) is 9.16. The molecule has 1 aliphatic heterocycles. The fourth-order valence-corrected chi connectivity index (χ4v) is 3.80. The molecule has 1 amide bonds. The number of hydrogen-bond donors (Lipinski definition) is 2. The van der Waals surface area contributed by atoms with E-state index >= 15 is 0 Å². The molecule has 0 bridgehead atoms. The van der Waals surface area contributed by atoms with E-state index < -0.39 is 24.3 Å². The van der Waals surface area contributed by atoms with Gasteiger partial charge in [-0.3, -0.25) is 4.79 Å². The Hall–Kier alpha value is -3.32. The van der Waals surface area contributed by atoms with Gasteiger partial charge < -0.3 is 15.1 Å². The molecule has 0 saturated heterocycles. The van der Waals surface area contributed by atoms with Gasteiger partial charge in [0.2, 0.25) is 0 Å². The quantitative estimate of drug-likeness (QED) is 0.406. The molecule has 168 valence electrons. The fourth-order valence-electron chi connectivity index (χ4n) is 3.25. The molecule has 0 aliphatic carbocycles. The molecule has 0 fully saturated rings. The van der Waals surface area contributed by atoms with E-state index in [1.165, 1.54) is 40.1 Å². The van der Waals surface area contributed by atoms with Crippen molar-refractivity contribution in [2.75, 3.05) is 7.05 Å². The minimum Gasteiger partial charge on any atom is -0.434 e. The van der Waals surface area contributed by atoms with Crippen LogP contribution in [0.1, 0.15) is 22.0 Å². The second-order valence-electron chi connectivity index (χ2n) is 6.61. The zero-order valence-electron chi connectivity index (χ0n) is 16.4. The highest BCUT2D eigenvalue weighted by atomic mass is 32.2. The third kappa shape index (κ3) is 4.62. The van der Waals surface area contributed by atoms with Crippen molar-refractivity contribution in [3.63, 3.8) is 0 Å². The molecule has 32 heavy (non-hydrogen) atoms. The predicted molar refractivity (Wildman–Crippen MR) is 107 cm³/mol. The number of carbonyl (C=O) groups excluding carboxylic acids is 1. The van der Waals surface area contributed by atoms with Crippen LogP contribution in [-0.4, -0.2) is 44.9 Å². The SMILES string of the molecule is CN1C=C(NC(=O)c2cnn3cccnc23)C(c2cc(SC(F)F)ccc2OC(F)F)N1. The topological polar surface area (TPSA) is 83.8 Å². The Balaban J connectivity index is 1.65. The van der Waals surface area contributed by atoms with E-state index in [1.54, 1.807) is 25.5 Å². The third-order valence-electron chi connectivity index (χ3n) is 4.49. The first-order valence-corrected chi connectivity index (χ1v) is 10.0. The molecule has 2 aromatic heterocycles. The lowest BCUT2D eigenvalue weighted by Crippen LogP contribution is -2.32. The lowest BCUT2D eigenvalue weighted by molar-refractivity contribution is -0.0507. The molecule has 3 aromatic rings. The van der Waals surface area contributed by atoms with Crippen molar-refractivity contribution in [1.29, 1.82) is 0 Å². The lowest BCUT2D eigenvalue weighted by atomic mass is 10.0. The number of ether oxygens (including phenoxy) is 1. The Kier molecular flexibility index (Phi) is 6.19. The highest BCUT2D eigenvalue weighted by Crippen LogP contribution is 2.37. The summed E-state index contributed by atoms with van der Waals surface area (Å²) in [6.07, 6.45) is 6.04. The Morgan fingerprint density at radius 2 is 2.12 bits per heavy atom. The van der Waals surface area contributed by atoms with Crippen LogP contribution in [0.3, 0.4) is 0 Å². The molecular weight excluding hydrogens is 452 g/mol. The number of halogens is 4. The van der Waals surface area contributed by atoms with Gasteiger partial charge in [0.15, 0.2) is 5.65 Å². The molecule has 13 heteroatoms. The third-order valence-corrected chi connectivity index (χ3v) is 5.20. The van der Waals surface area contributed by atoms with Crippen LogP contribution < -0.4 is 15.5 Å². The van der Waals surface area contributed by atoms with Crippen molar-refractivity contribution >= 4 is 23.3 Å². The zero-order valence-corrected chi connectivity index (χ0v) is 17.2. The smallest absolute Gasteiger partial charge is 0.387 e. The van der Waals surface area contributed by atoms with Crippen molar-refractivity contribution in [2.24, 2.45) is 0 Å². The number of aromatic nitrogens is 3. The van der Waals surface area contributed by atoms with Gasteiger partial charge >= 0.3 is 6.61 Å². The summed E-state index contributed by atoms with van der Waals surface area (Å²) in [5.41, 5.74) is 3.96. The second-order valence-corrected chi connectivity index (χ2v) is 7.68. The molecule has 1 aliphatic rings. The van der Waals surface area contributed by atoms with E-state index in [4.69, 9.17) is 0 Å². The van der Waals surface area contributed by atoms with E-state index in [1.807, 2.05) is 0 Å². The number of carbonyl (C=O) groups is 1. The van der Waals surface area contributed by atoms with Gasteiger partial charge in [-0.1, -0.05) is 11.8 Å². The van der Waals surface area contributed by atoms with Gasteiger partial charge in [0.05, 0.1) is 17.9 Å². The van der Waals surface area contributed by atoms with Gasteiger partial charge in [0, 0.05) is 36.1 Å². The standard InChI is InChI=1S/C19H16F4N6O2S/c1-28-9-13(26-17(30)12-8-25-29-6-2-5-24-16(12)29)15(27-28)11-7-10(32-19(22)23)3-4-14(11)31-18(20)21/h2-9,15,18-19,27H,1H3,(H,26,30). The predicted octanol–water partition coefficient (Wildman–Crippen LogP) is 3.41. The Bertz CT molecular complexity index is 1170. The highest BCUT2D eigenvalue weighted by molar-refractivity contribution is 7.99. The van der Waals surface area contributed by atoms with Crippen LogP contribution in [0.2, 0.25) is 0 Å². The summed E-state index contributed by atoms with van der Waals surface area (Å²) in [6.45, 7) is -3.12. The van der Waals surface area contributed by atoms with Gasteiger partial charge in [-0.2, -0.15) is 22.7 Å². The van der Waals surface area contributed by atoms with Crippen molar-refractivity contribution in [1.82, 2.24) is 30.3 Å². The maximum Gasteiger partial charge on any atom is 0.387 e. The number of rotatable bonds is 7. The van der Waals surface area contributed by atoms with Crippen molar-refractivity contribution in [3.05, 3.63) is 65.9 Å². The number of alkyl halides is 4. The summed E-state index contributed by atoms with van der Waals surface area (Å²) in [5, 5.41) is 8.29. The minimum absolute atomic E-state index is 0.157. The average Bonchev–Trinajstić information content (AvgIpc) is 3.31. The van der Waals surface area contributed by atoms with Crippen LogP contribution in [0.25, 0.3) is 5.65 Å². The summed E-state index contributed by atoms with van der Waals surface area (Å²) in [7, 11) is 1.63. The number of fused-ring (bicyclic) bond motifs is 1. The number of benzene rings is 1. The number of thioether (sulfide) groups is 1. The van der Waals surface area contributed by atoms with Crippen molar-refractivity contribution < 1.29 is 27.1 Å². The normalized spacial score (nSPS) is 16.2. The molecule has 2 N–H and O–H groups in total. The minimum atomic E-state index is -3.12. The molecular formula is C19H16F4N6O2S. The van der Waals surface area contributed by atoms with Crippen LogP contribution in [0.5, 0.6) is 5.75 Å². The van der Waals surface area contributed by atoms with E-state index in [0.29, 0.717) is 11.3 Å². The van der Waals surface area contributed by atoms with E-state index in [9.17, 15) is 22.4 Å². The first-order chi connectivity index (χ1) is 15.3. The van der Waals surface area contributed by atoms with Crippen LogP contribution in [0.4, 0.5) is 17.6 Å². The van der Waals surface area contributed by atoms with Gasteiger partial charge in [0.25, 0.3) is 11.7 Å². The molecule has 0 radical (unpaired) electrons. The van der Waals surface area contributed by atoms with Gasteiger partial charge in [-0.15, -0.1) is 0 Å². The second kappa shape index (κ2) is 9.04. The maximum atomic E-state index is 12.9. The van der Waals surface area contributed by atoms with Crippen molar-refractivity contribution in [3.8, 4) is 5.75 Å². The monoisotopic (exact) mass is 468 g/mol. The molecule has 1 atom stereocenters. The highest BCUT2D eigenvalue weighted by Gasteiger charge is 2.30. The average molecular weight is 468 g/mol. The Labute approximate surface area is 183 Å². The maximum absolute atomic E-state index is 12.9. The number of hydrogen-bond acceptors (Lipinski definition) is 7. The number of amides is 1. The molecule has 0 spiro atoms. The summed E-state index contributed by atoms with van der Waals surface area (Å²) < 4.78 is 57.6. The van der Waals surface area contributed by atoms with Crippen LogP contribution in [-0.2, 0) is 0 Å². The summed E-state index contributed by atoms with van der Waals surface area (Å²) in [4.78, 5) is 17.2. The van der Waals surface area contributed by atoms with Crippen LogP contribution in [0, 0.1) is 0 Å². The van der Waals surface area contributed by atoms with E-state index in [-0.39, 0.29) is 33.5 Å². The largest absolute Gasteiger partial charge is 0.434 e.